The standard InChI is InChI=1S/C22H26N4O/c1-6-7-11-26-12-9-18-19(26)8-10-23-21(18)24-20-15(2)13-17(14-16(20)3)22(27)25(4)5/h8,10,13-14H,6-7,11H2,1-5H3,(H,23,24). The van der Waals surface area contributed by atoms with Gasteiger partial charge in [-0.15, -0.1) is 0 Å². The molecule has 0 atom stereocenters. The molecule has 27 heavy (non-hydrogen) atoms. The number of nitrogens with zero attached hydrogens (tertiary/aromatic N) is 3. The summed E-state index contributed by atoms with van der Waals surface area (Å²) in [5.41, 5.74) is 4.76. The first-order valence-electron chi connectivity index (χ1n) is 9.30. The SMILES string of the molecule is CCCCn1c#cc2c(Nc3c(C)cc(C(=O)N(C)C)cc3C)nccc21. The highest BCUT2D eigenvalue weighted by Gasteiger charge is 2.14. The quantitative estimate of drug-likeness (QED) is 0.702. The lowest BCUT2D eigenvalue weighted by Crippen LogP contribution is -2.22. The van der Waals surface area contributed by atoms with Crippen molar-refractivity contribution in [2.24, 2.45) is 0 Å². The van der Waals surface area contributed by atoms with Crippen molar-refractivity contribution in [3.63, 3.8) is 0 Å². The highest BCUT2D eigenvalue weighted by Crippen LogP contribution is 2.29. The number of benzene rings is 1. The number of unbranched alkanes of at least 4 members (excludes halogenated alkanes) is 1. The molecule has 5 nitrogen and oxygen atoms in total. The number of carbonyl (C=O) groups excluding carboxylic acids is 1. The van der Waals surface area contributed by atoms with Crippen molar-refractivity contribution in [3.8, 4) is 0 Å². The largest absolute Gasteiger partial charge is 0.345 e. The predicted molar refractivity (Wildman–Crippen MR) is 110 cm³/mol. The van der Waals surface area contributed by atoms with Crippen LogP contribution in [0.25, 0.3) is 10.9 Å². The van der Waals surface area contributed by atoms with E-state index in [1.165, 1.54) is 0 Å². The number of amides is 1. The lowest BCUT2D eigenvalue weighted by Gasteiger charge is -2.16. The summed E-state index contributed by atoms with van der Waals surface area (Å²) in [6.45, 7) is 7.12. The molecule has 3 aromatic rings. The Morgan fingerprint density at radius 2 is 1.96 bits per heavy atom. The first kappa shape index (κ1) is 18.8. The maximum Gasteiger partial charge on any atom is 0.253 e. The predicted octanol–water partition coefficient (Wildman–Crippen LogP) is 4.50. The Bertz CT molecular complexity index is 949. The van der Waals surface area contributed by atoms with Crippen LogP contribution in [0.3, 0.4) is 0 Å². The maximum absolute atomic E-state index is 12.3. The molecule has 0 radical (unpaired) electrons. The summed E-state index contributed by atoms with van der Waals surface area (Å²) in [7, 11) is 3.53. The molecule has 0 spiro atoms. The second-order valence-corrected chi connectivity index (χ2v) is 7.11. The molecule has 0 unspecified atom stereocenters. The van der Waals surface area contributed by atoms with Crippen molar-refractivity contribution < 1.29 is 4.79 Å². The fourth-order valence-electron chi connectivity index (χ4n) is 3.23. The van der Waals surface area contributed by atoms with Gasteiger partial charge in [-0.05, 0) is 55.7 Å². The summed E-state index contributed by atoms with van der Waals surface area (Å²) in [6, 6.07) is 9.06. The molecule has 1 aromatic carbocycles. The number of anilines is 2. The summed E-state index contributed by atoms with van der Waals surface area (Å²) < 4.78 is 2.10. The summed E-state index contributed by atoms with van der Waals surface area (Å²) in [6.07, 6.45) is 7.26. The van der Waals surface area contributed by atoms with Gasteiger partial charge in [0, 0.05) is 44.3 Å². The number of fused-ring (bicyclic) bond motifs is 1. The van der Waals surface area contributed by atoms with Crippen LogP contribution in [0, 0.1) is 26.1 Å². The van der Waals surface area contributed by atoms with Crippen LogP contribution in [-0.2, 0) is 6.54 Å². The number of rotatable bonds is 6. The second kappa shape index (κ2) is 7.71. The lowest BCUT2D eigenvalue weighted by atomic mass is 10.0. The van der Waals surface area contributed by atoms with Crippen LogP contribution < -0.4 is 5.32 Å². The Balaban J connectivity index is 1.96. The summed E-state index contributed by atoms with van der Waals surface area (Å²) in [5.74, 6) is 0.765. The molecule has 2 aromatic heterocycles. The van der Waals surface area contributed by atoms with Crippen LogP contribution >= 0.6 is 0 Å². The second-order valence-electron chi connectivity index (χ2n) is 7.11. The van der Waals surface area contributed by atoms with E-state index in [1.54, 1.807) is 19.0 Å². The van der Waals surface area contributed by atoms with Crippen LogP contribution in [0.4, 0.5) is 11.5 Å². The number of pyridine rings is 1. The molecule has 5 heteroatoms. The number of aromatic nitrogens is 2. The first-order chi connectivity index (χ1) is 12.9. The van der Waals surface area contributed by atoms with Gasteiger partial charge in [-0.1, -0.05) is 13.3 Å². The van der Waals surface area contributed by atoms with Crippen LogP contribution in [0.15, 0.2) is 24.4 Å². The van der Waals surface area contributed by atoms with Crippen LogP contribution in [-0.4, -0.2) is 34.5 Å². The molecule has 1 N–H and O–H groups in total. The Morgan fingerprint density at radius 1 is 1.26 bits per heavy atom. The minimum Gasteiger partial charge on any atom is -0.345 e. The maximum atomic E-state index is 12.3. The van der Waals surface area contributed by atoms with Crippen molar-refractivity contribution in [1.29, 1.82) is 0 Å². The van der Waals surface area contributed by atoms with Crippen LogP contribution in [0.1, 0.15) is 41.3 Å². The third kappa shape index (κ3) is 3.75. The fraction of sp³-hybridized carbons (Fsp3) is 0.364. The number of hydrogen-bond donors (Lipinski definition) is 1. The van der Waals surface area contributed by atoms with E-state index in [-0.39, 0.29) is 5.91 Å². The van der Waals surface area contributed by atoms with E-state index in [1.807, 2.05) is 38.2 Å². The summed E-state index contributed by atoms with van der Waals surface area (Å²) >= 11 is 0. The van der Waals surface area contributed by atoms with Gasteiger partial charge >= 0.3 is 0 Å². The van der Waals surface area contributed by atoms with Crippen molar-refractivity contribution in [1.82, 2.24) is 14.5 Å². The molecule has 0 fully saturated rings. The average Bonchev–Trinajstić information content (AvgIpc) is 3.05. The minimum atomic E-state index is 0.00362. The number of nitrogens with one attached hydrogen (secondary N) is 1. The third-order valence-corrected chi connectivity index (χ3v) is 4.70. The van der Waals surface area contributed by atoms with Gasteiger partial charge in [0.2, 0.25) is 0 Å². The molecule has 140 valence electrons. The van der Waals surface area contributed by atoms with Crippen molar-refractivity contribution in [2.75, 3.05) is 19.4 Å². The van der Waals surface area contributed by atoms with Crippen LogP contribution in [0.5, 0.6) is 0 Å². The van der Waals surface area contributed by atoms with Crippen molar-refractivity contribution >= 4 is 28.3 Å². The minimum absolute atomic E-state index is 0.00362. The van der Waals surface area contributed by atoms with E-state index >= 15 is 0 Å². The molecule has 0 aliphatic rings. The van der Waals surface area contributed by atoms with E-state index in [0.29, 0.717) is 5.56 Å². The molecule has 0 saturated carbocycles. The monoisotopic (exact) mass is 362 g/mol. The molecule has 0 saturated heterocycles. The molecular formula is C22H26N4O. The summed E-state index contributed by atoms with van der Waals surface area (Å²) in [5, 5.41) is 4.38. The first-order valence-corrected chi connectivity index (χ1v) is 9.30. The van der Waals surface area contributed by atoms with Gasteiger partial charge in [0.05, 0.1) is 10.9 Å². The average molecular weight is 362 g/mol. The van der Waals surface area contributed by atoms with Gasteiger partial charge in [-0.25, -0.2) is 4.98 Å². The molecular weight excluding hydrogens is 336 g/mol. The van der Waals surface area contributed by atoms with Crippen molar-refractivity contribution in [2.45, 2.75) is 40.2 Å². The highest BCUT2D eigenvalue weighted by atomic mass is 16.2. The van der Waals surface area contributed by atoms with Gasteiger partial charge in [0.1, 0.15) is 5.82 Å². The smallest absolute Gasteiger partial charge is 0.253 e. The normalized spacial score (nSPS) is 10.7. The molecule has 0 aliphatic carbocycles. The topological polar surface area (TPSA) is 50.2 Å². The lowest BCUT2D eigenvalue weighted by molar-refractivity contribution is 0.0827. The summed E-state index contributed by atoms with van der Waals surface area (Å²) in [4.78, 5) is 18.4. The van der Waals surface area contributed by atoms with E-state index in [9.17, 15) is 4.79 Å². The molecule has 0 aliphatic heterocycles. The molecule has 0 bridgehead atoms. The molecule has 2 heterocycles. The van der Waals surface area contributed by atoms with E-state index < -0.39 is 0 Å². The Labute approximate surface area is 161 Å². The number of carbonyl (C=O) groups is 1. The number of aryl methyl sites for hydroxylation is 3. The third-order valence-electron chi connectivity index (χ3n) is 4.70. The van der Waals surface area contributed by atoms with Gasteiger partial charge in [0.25, 0.3) is 5.91 Å². The molecule has 3 rings (SSSR count). The number of hydrogen-bond acceptors (Lipinski definition) is 3. The zero-order valence-corrected chi connectivity index (χ0v) is 16.7. The Morgan fingerprint density at radius 3 is 2.59 bits per heavy atom. The molecule has 1 amide bonds. The van der Waals surface area contributed by atoms with Gasteiger partial charge in [-0.3, -0.25) is 9.36 Å². The zero-order valence-electron chi connectivity index (χ0n) is 16.7. The van der Waals surface area contributed by atoms with Gasteiger partial charge < -0.3 is 10.2 Å². The van der Waals surface area contributed by atoms with E-state index in [2.05, 4.69) is 34.1 Å². The Hall–Kier alpha value is -3.00. The Kier molecular flexibility index (Phi) is 5.36. The fourth-order valence-corrected chi connectivity index (χ4v) is 3.23. The highest BCUT2D eigenvalue weighted by molar-refractivity contribution is 5.96. The van der Waals surface area contributed by atoms with Gasteiger partial charge in [0.15, 0.2) is 0 Å². The van der Waals surface area contributed by atoms with Crippen molar-refractivity contribution in [3.05, 3.63) is 53.3 Å². The van der Waals surface area contributed by atoms with E-state index in [4.69, 9.17) is 0 Å². The van der Waals surface area contributed by atoms with Crippen LogP contribution in [0.2, 0.25) is 0 Å². The van der Waals surface area contributed by atoms with E-state index in [0.717, 1.165) is 52.9 Å². The van der Waals surface area contributed by atoms with Gasteiger partial charge in [-0.2, -0.15) is 0 Å². The zero-order chi connectivity index (χ0) is 19.6.